The Kier molecular flexibility index (Phi) is 5.66. The monoisotopic (exact) mass is 750 g/mol. The van der Waals surface area contributed by atoms with Gasteiger partial charge in [0.25, 0.3) is 5.91 Å². The van der Waals surface area contributed by atoms with Gasteiger partial charge in [-0.05, 0) is 98.9 Å². The van der Waals surface area contributed by atoms with Crippen molar-refractivity contribution in [3.05, 3.63) is 163 Å². The number of imide groups is 1. The Hall–Kier alpha value is -3.79. The van der Waals surface area contributed by atoms with Gasteiger partial charge >= 0.3 is 0 Å². The summed E-state index contributed by atoms with van der Waals surface area (Å²) in [5, 5.41) is 1.86. The number of halogens is 2. The van der Waals surface area contributed by atoms with Crippen LogP contribution < -0.4 is 9.96 Å². The Bertz CT molecular complexity index is 1970. The first-order chi connectivity index (χ1) is 21.5. The molecule has 5 aromatic rings. The molecule has 2 heterocycles. The lowest BCUT2D eigenvalue weighted by atomic mass is 9.43. The molecule has 2 fully saturated rings. The van der Waals surface area contributed by atoms with Gasteiger partial charge in [0.2, 0.25) is 11.5 Å². The van der Waals surface area contributed by atoms with Gasteiger partial charge in [-0.3, -0.25) is 14.4 Å². The fraction of sp³-hybridized carbons (Fsp3) is 0.135. The van der Waals surface area contributed by atoms with Gasteiger partial charge in [0, 0.05) is 14.0 Å². The maximum Gasteiger partial charge on any atom is 0.271 e. The predicted molar refractivity (Wildman–Crippen MR) is 180 cm³/mol. The van der Waals surface area contributed by atoms with Crippen molar-refractivity contribution in [3.8, 4) is 0 Å². The molecule has 3 unspecified atom stereocenters. The zero-order chi connectivity index (χ0) is 29.8. The van der Waals surface area contributed by atoms with E-state index in [1.807, 2.05) is 102 Å². The maximum absolute atomic E-state index is 15.7. The highest BCUT2D eigenvalue weighted by atomic mass is 127. The molecule has 0 N–H and O–H groups in total. The summed E-state index contributed by atoms with van der Waals surface area (Å²) >= 11 is 5.94. The van der Waals surface area contributed by atoms with Crippen molar-refractivity contribution in [3.63, 3.8) is 0 Å². The molecule has 10 rings (SSSR count). The standard InChI is InChI=1S/C37H24BrIN2O3/c38-23-10-8-9-22(21-23)33-36-31-27-13-4-6-15-29(27)32(30-16-7-5-14-28(30)31)37(36,44-41(33)26-11-2-1-3-12-26)35(43)40(34(36)42)25-19-17-24(39)18-20-25/h1-21,31-33H. The van der Waals surface area contributed by atoms with Gasteiger partial charge in [0.1, 0.15) is 11.5 Å². The summed E-state index contributed by atoms with van der Waals surface area (Å²) in [4.78, 5) is 39.8. The van der Waals surface area contributed by atoms with E-state index in [9.17, 15) is 0 Å². The van der Waals surface area contributed by atoms with Crippen molar-refractivity contribution in [2.24, 2.45) is 5.41 Å². The van der Waals surface area contributed by atoms with Crippen molar-refractivity contribution >= 4 is 61.7 Å². The van der Waals surface area contributed by atoms with Crippen LogP contribution in [0.5, 0.6) is 0 Å². The average molecular weight is 751 g/mol. The van der Waals surface area contributed by atoms with Gasteiger partial charge in [-0.1, -0.05) is 94.8 Å². The van der Waals surface area contributed by atoms with E-state index >= 15 is 9.59 Å². The Balaban J connectivity index is 1.43. The Morgan fingerprint density at radius 3 is 1.84 bits per heavy atom. The van der Waals surface area contributed by atoms with Crippen molar-refractivity contribution in [1.29, 1.82) is 0 Å². The number of hydrogen-bond acceptors (Lipinski definition) is 4. The number of amides is 2. The van der Waals surface area contributed by atoms with Crippen LogP contribution in [0.15, 0.2) is 132 Å². The number of para-hydroxylation sites is 1. The van der Waals surface area contributed by atoms with Crippen molar-refractivity contribution in [2.75, 3.05) is 9.96 Å². The van der Waals surface area contributed by atoms with Crippen molar-refractivity contribution in [2.45, 2.75) is 23.5 Å². The number of anilines is 2. The van der Waals surface area contributed by atoms with Crippen LogP contribution in [-0.2, 0) is 14.4 Å². The zero-order valence-electron chi connectivity index (χ0n) is 23.2. The predicted octanol–water partition coefficient (Wildman–Crippen LogP) is 8.14. The minimum atomic E-state index is -1.52. The third-order valence-electron chi connectivity index (χ3n) is 9.96. The minimum absolute atomic E-state index is 0.230. The Morgan fingerprint density at radius 2 is 1.23 bits per heavy atom. The molecule has 2 amide bonds. The molecular formula is C37H24BrIN2O3. The van der Waals surface area contributed by atoms with E-state index in [4.69, 9.17) is 4.84 Å². The second-order valence-corrected chi connectivity index (χ2v) is 14.0. The quantitative estimate of drug-likeness (QED) is 0.138. The van der Waals surface area contributed by atoms with Crippen LogP contribution in [0.25, 0.3) is 0 Å². The molecule has 5 nitrogen and oxygen atoms in total. The Morgan fingerprint density at radius 1 is 0.636 bits per heavy atom. The maximum atomic E-state index is 15.7. The number of carbonyl (C=O) groups excluding carboxylic acids is 2. The molecule has 44 heavy (non-hydrogen) atoms. The number of hydrogen-bond donors (Lipinski definition) is 0. The second kappa shape index (κ2) is 9.36. The molecule has 0 aromatic heterocycles. The van der Waals surface area contributed by atoms with Crippen LogP contribution in [0.2, 0.25) is 0 Å². The number of nitrogens with zero attached hydrogens (tertiary/aromatic N) is 2. The largest absolute Gasteiger partial charge is 0.273 e. The third-order valence-corrected chi connectivity index (χ3v) is 11.2. The second-order valence-electron chi connectivity index (χ2n) is 11.9. The fourth-order valence-corrected chi connectivity index (χ4v) is 9.31. The SMILES string of the molecule is O=C1N(c2ccc(I)cc2)C(=O)C23C4c5ccccc5C(c5ccccc54)C12ON(c1ccccc1)C3c1cccc(Br)c1. The van der Waals surface area contributed by atoms with E-state index in [1.165, 1.54) is 4.90 Å². The van der Waals surface area contributed by atoms with Crippen LogP contribution in [0.3, 0.4) is 0 Å². The number of rotatable bonds is 3. The van der Waals surface area contributed by atoms with Gasteiger partial charge < -0.3 is 0 Å². The molecule has 2 saturated heterocycles. The molecule has 2 bridgehead atoms. The minimum Gasteiger partial charge on any atom is -0.273 e. The smallest absolute Gasteiger partial charge is 0.271 e. The van der Waals surface area contributed by atoms with Crippen LogP contribution in [0.1, 0.15) is 45.7 Å². The molecule has 3 atom stereocenters. The lowest BCUT2D eigenvalue weighted by molar-refractivity contribution is -0.153. The van der Waals surface area contributed by atoms with Crippen LogP contribution in [0.4, 0.5) is 11.4 Å². The van der Waals surface area contributed by atoms with E-state index in [1.54, 1.807) is 0 Å². The molecule has 0 radical (unpaired) electrons. The molecule has 214 valence electrons. The number of benzene rings is 5. The molecule has 2 aliphatic heterocycles. The molecule has 5 aromatic carbocycles. The molecule has 0 spiro atoms. The highest BCUT2D eigenvalue weighted by Gasteiger charge is 2.87. The summed E-state index contributed by atoms with van der Waals surface area (Å²) in [6.07, 6.45) is 0. The normalized spacial score (nSPS) is 27.6. The highest BCUT2D eigenvalue weighted by molar-refractivity contribution is 14.1. The third kappa shape index (κ3) is 3.12. The molecule has 5 aliphatic rings. The van der Waals surface area contributed by atoms with Gasteiger partial charge in [0.15, 0.2) is 0 Å². The summed E-state index contributed by atoms with van der Waals surface area (Å²) in [7, 11) is 0. The fourth-order valence-electron chi connectivity index (χ4n) is 8.53. The number of hydroxylamine groups is 1. The van der Waals surface area contributed by atoms with Gasteiger partial charge in [0.05, 0.1) is 17.3 Å². The molecule has 7 heteroatoms. The summed E-state index contributed by atoms with van der Waals surface area (Å²) in [6, 6.07) is 41.5. The van der Waals surface area contributed by atoms with Crippen LogP contribution in [0, 0.1) is 8.99 Å². The first-order valence-electron chi connectivity index (χ1n) is 14.6. The summed E-state index contributed by atoms with van der Waals surface area (Å²) < 4.78 is 1.92. The number of carbonyl (C=O) groups is 2. The lowest BCUT2D eigenvalue weighted by Crippen LogP contribution is -2.63. The topological polar surface area (TPSA) is 49.9 Å². The van der Waals surface area contributed by atoms with Gasteiger partial charge in [-0.25, -0.2) is 9.96 Å². The summed E-state index contributed by atoms with van der Waals surface area (Å²) in [6.45, 7) is 0. The molecule has 3 aliphatic carbocycles. The Labute approximate surface area is 276 Å². The van der Waals surface area contributed by atoms with Crippen molar-refractivity contribution < 1.29 is 14.4 Å². The first-order valence-corrected chi connectivity index (χ1v) is 16.5. The van der Waals surface area contributed by atoms with E-state index in [0.29, 0.717) is 5.69 Å². The average Bonchev–Trinajstić information content (AvgIpc) is 3.49. The lowest BCUT2D eigenvalue weighted by Gasteiger charge is -2.55. The molecular weight excluding hydrogens is 727 g/mol. The van der Waals surface area contributed by atoms with E-state index in [0.717, 1.165) is 41.5 Å². The van der Waals surface area contributed by atoms with E-state index < -0.39 is 28.9 Å². The van der Waals surface area contributed by atoms with Gasteiger partial charge in [-0.15, -0.1) is 0 Å². The van der Waals surface area contributed by atoms with Crippen molar-refractivity contribution in [1.82, 2.24) is 0 Å². The summed E-state index contributed by atoms with van der Waals surface area (Å²) in [5.74, 6) is -1.47. The zero-order valence-corrected chi connectivity index (χ0v) is 27.0. The van der Waals surface area contributed by atoms with Crippen LogP contribution >= 0.6 is 38.5 Å². The highest BCUT2D eigenvalue weighted by Crippen LogP contribution is 2.77. The molecule has 0 saturated carbocycles. The first kappa shape index (κ1) is 26.6. The van der Waals surface area contributed by atoms with Gasteiger partial charge in [-0.2, -0.15) is 0 Å². The van der Waals surface area contributed by atoms with Crippen LogP contribution in [-0.4, -0.2) is 17.4 Å². The van der Waals surface area contributed by atoms with E-state index in [2.05, 4.69) is 68.9 Å². The summed E-state index contributed by atoms with van der Waals surface area (Å²) in [5.41, 5.74) is 3.67. The van der Waals surface area contributed by atoms with E-state index in [-0.39, 0.29) is 11.8 Å².